The topological polar surface area (TPSA) is 43.4 Å². The molecule has 120 valence electrons. The fourth-order valence-corrected chi connectivity index (χ4v) is 2.60. The minimum absolute atomic E-state index is 0.294. The van der Waals surface area contributed by atoms with Crippen molar-refractivity contribution in [2.75, 3.05) is 0 Å². The SMILES string of the molecule is Cc1ccc(C(C)CCC(=O)CCC(C)c2ccc(C)o2)o1. The lowest BCUT2D eigenvalue weighted by Gasteiger charge is -2.10. The van der Waals surface area contributed by atoms with Crippen LogP contribution in [0.5, 0.6) is 0 Å². The lowest BCUT2D eigenvalue weighted by molar-refractivity contribution is -0.119. The molecule has 0 radical (unpaired) electrons. The molecule has 2 atom stereocenters. The number of ketones is 1. The predicted molar refractivity (Wildman–Crippen MR) is 87.2 cm³/mol. The second kappa shape index (κ2) is 7.48. The van der Waals surface area contributed by atoms with E-state index in [1.54, 1.807) is 0 Å². The number of Topliss-reactive ketones (excluding diaryl/α,β-unsaturated/α-hetero) is 1. The van der Waals surface area contributed by atoms with Crippen LogP contribution in [0.25, 0.3) is 0 Å². The molecule has 3 nitrogen and oxygen atoms in total. The molecule has 0 bridgehead atoms. The average Bonchev–Trinajstić information content (AvgIpc) is 3.10. The maximum Gasteiger partial charge on any atom is 0.132 e. The highest BCUT2D eigenvalue weighted by Crippen LogP contribution is 2.25. The lowest BCUT2D eigenvalue weighted by Crippen LogP contribution is -2.03. The second-order valence-corrected chi connectivity index (χ2v) is 6.31. The number of carbonyl (C=O) groups excluding carboxylic acids is 1. The molecule has 2 aromatic rings. The molecule has 0 N–H and O–H groups in total. The summed E-state index contributed by atoms with van der Waals surface area (Å²) >= 11 is 0. The van der Waals surface area contributed by atoms with Gasteiger partial charge in [0.1, 0.15) is 28.8 Å². The molecule has 2 unspecified atom stereocenters. The highest BCUT2D eigenvalue weighted by molar-refractivity contribution is 5.78. The minimum atomic E-state index is 0.294. The van der Waals surface area contributed by atoms with Gasteiger partial charge in [-0.2, -0.15) is 0 Å². The molecular weight excluding hydrogens is 276 g/mol. The minimum Gasteiger partial charge on any atom is -0.466 e. The summed E-state index contributed by atoms with van der Waals surface area (Å²) in [7, 11) is 0. The van der Waals surface area contributed by atoms with Crippen LogP contribution < -0.4 is 0 Å². The molecule has 0 aliphatic carbocycles. The largest absolute Gasteiger partial charge is 0.466 e. The molecule has 0 saturated carbocycles. The van der Waals surface area contributed by atoms with E-state index in [-0.39, 0.29) is 0 Å². The zero-order valence-corrected chi connectivity index (χ0v) is 14.0. The van der Waals surface area contributed by atoms with Crippen LogP contribution >= 0.6 is 0 Å². The Labute approximate surface area is 132 Å². The van der Waals surface area contributed by atoms with Crippen LogP contribution in [-0.2, 0) is 4.79 Å². The van der Waals surface area contributed by atoms with Gasteiger partial charge in [0, 0.05) is 24.7 Å². The number of hydrogen-bond acceptors (Lipinski definition) is 3. The molecule has 2 rings (SSSR count). The summed E-state index contributed by atoms with van der Waals surface area (Å²) in [5.41, 5.74) is 0. The van der Waals surface area contributed by atoms with Crippen molar-refractivity contribution < 1.29 is 13.6 Å². The standard InChI is InChI=1S/C19H26O3/c1-13(18-11-7-15(3)21-18)5-9-17(20)10-6-14(2)19-12-8-16(4)22-19/h7-8,11-14H,5-6,9-10H2,1-4H3. The predicted octanol–water partition coefficient (Wildman–Crippen LogP) is 5.53. The zero-order valence-electron chi connectivity index (χ0n) is 14.0. The van der Waals surface area contributed by atoms with Gasteiger partial charge in [-0.1, -0.05) is 13.8 Å². The van der Waals surface area contributed by atoms with Crippen molar-refractivity contribution in [3.05, 3.63) is 47.3 Å². The number of hydrogen-bond donors (Lipinski definition) is 0. The van der Waals surface area contributed by atoms with Crippen LogP contribution in [0, 0.1) is 13.8 Å². The first-order chi connectivity index (χ1) is 10.5. The van der Waals surface area contributed by atoms with E-state index >= 15 is 0 Å². The number of aryl methyl sites for hydroxylation is 2. The summed E-state index contributed by atoms with van der Waals surface area (Å²) < 4.78 is 11.2. The van der Waals surface area contributed by atoms with E-state index in [9.17, 15) is 4.79 Å². The van der Waals surface area contributed by atoms with Crippen molar-refractivity contribution in [2.24, 2.45) is 0 Å². The van der Waals surface area contributed by atoms with E-state index in [0.29, 0.717) is 30.5 Å². The van der Waals surface area contributed by atoms with E-state index in [2.05, 4.69) is 13.8 Å². The smallest absolute Gasteiger partial charge is 0.132 e. The molecule has 0 spiro atoms. The highest BCUT2D eigenvalue weighted by atomic mass is 16.3. The summed E-state index contributed by atoms with van der Waals surface area (Å²) in [4.78, 5) is 12.1. The van der Waals surface area contributed by atoms with Crippen molar-refractivity contribution >= 4 is 5.78 Å². The quantitative estimate of drug-likeness (QED) is 0.644. The third-order valence-corrected chi connectivity index (χ3v) is 4.21. The van der Waals surface area contributed by atoms with E-state index < -0.39 is 0 Å². The molecule has 22 heavy (non-hydrogen) atoms. The molecule has 0 aliphatic rings. The van der Waals surface area contributed by atoms with E-state index in [1.807, 2.05) is 38.1 Å². The number of carbonyl (C=O) groups is 1. The Balaban J connectivity index is 1.71. The van der Waals surface area contributed by atoms with Gasteiger partial charge in [-0.05, 0) is 51.0 Å². The van der Waals surface area contributed by atoms with Gasteiger partial charge in [-0.15, -0.1) is 0 Å². The molecule has 0 aliphatic heterocycles. The molecule has 2 aromatic heterocycles. The van der Waals surface area contributed by atoms with Crippen LogP contribution in [0.2, 0.25) is 0 Å². The Kier molecular flexibility index (Phi) is 5.64. The van der Waals surface area contributed by atoms with Gasteiger partial charge in [-0.3, -0.25) is 4.79 Å². The monoisotopic (exact) mass is 302 g/mol. The normalized spacial score (nSPS) is 14.0. The lowest BCUT2D eigenvalue weighted by atomic mass is 9.96. The molecule has 3 heteroatoms. The van der Waals surface area contributed by atoms with E-state index in [0.717, 1.165) is 35.9 Å². The fourth-order valence-electron chi connectivity index (χ4n) is 2.60. The van der Waals surface area contributed by atoms with E-state index in [4.69, 9.17) is 8.83 Å². The third-order valence-electron chi connectivity index (χ3n) is 4.21. The highest BCUT2D eigenvalue weighted by Gasteiger charge is 2.14. The fraction of sp³-hybridized carbons (Fsp3) is 0.526. The summed E-state index contributed by atoms with van der Waals surface area (Å²) in [6.07, 6.45) is 2.93. The van der Waals surface area contributed by atoms with Gasteiger partial charge in [0.2, 0.25) is 0 Å². The first-order valence-corrected chi connectivity index (χ1v) is 8.10. The van der Waals surface area contributed by atoms with Crippen LogP contribution in [0.1, 0.15) is 74.4 Å². The molecule has 0 amide bonds. The van der Waals surface area contributed by atoms with Crippen molar-refractivity contribution in [1.82, 2.24) is 0 Å². The van der Waals surface area contributed by atoms with Gasteiger partial charge in [0.05, 0.1) is 0 Å². The van der Waals surface area contributed by atoms with Gasteiger partial charge >= 0.3 is 0 Å². The summed E-state index contributed by atoms with van der Waals surface area (Å²) in [6.45, 7) is 8.11. The van der Waals surface area contributed by atoms with Crippen molar-refractivity contribution in [3.63, 3.8) is 0 Å². The van der Waals surface area contributed by atoms with Gasteiger partial charge in [-0.25, -0.2) is 0 Å². The molecule has 2 heterocycles. The Hall–Kier alpha value is -1.77. The number of rotatable bonds is 8. The van der Waals surface area contributed by atoms with Gasteiger partial charge < -0.3 is 8.83 Å². The Morgan fingerprint density at radius 2 is 1.27 bits per heavy atom. The molecular formula is C19H26O3. The Morgan fingerprint density at radius 1 is 0.864 bits per heavy atom. The Bertz CT molecular complexity index is 553. The number of furan rings is 2. The van der Waals surface area contributed by atoms with Crippen LogP contribution in [0.3, 0.4) is 0 Å². The molecule has 0 aromatic carbocycles. The van der Waals surface area contributed by atoms with Crippen molar-refractivity contribution in [1.29, 1.82) is 0 Å². The van der Waals surface area contributed by atoms with E-state index in [1.165, 1.54) is 0 Å². The van der Waals surface area contributed by atoms with Crippen LogP contribution in [-0.4, -0.2) is 5.78 Å². The van der Waals surface area contributed by atoms with Crippen LogP contribution in [0.15, 0.2) is 33.1 Å². The van der Waals surface area contributed by atoms with Crippen LogP contribution in [0.4, 0.5) is 0 Å². The second-order valence-electron chi connectivity index (χ2n) is 6.31. The van der Waals surface area contributed by atoms with Crippen molar-refractivity contribution in [2.45, 2.75) is 65.2 Å². The zero-order chi connectivity index (χ0) is 16.1. The average molecular weight is 302 g/mol. The Morgan fingerprint density at radius 3 is 1.59 bits per heavy atom. The summed E-state index contributed by atoms with van der Waals surface area (Å²) in [5.74, 6) is 4.72. The summed E-state index contributed by atoms with van der Waals surface area (Å²) in [5, 5.41) is 0. The maximum absolute atomic E-state index is 12.1. The molecule has 0 fully saturated rings. The van der Waals surface area contributed by atoms with Crippen molar-refractivity contribution in [3.8, 4) is 0 Å². The first-order valence-electron chi connectivity index (χ1n) is 8.10. The third kappa shape index (κ3) is 4.62. The molecule has 0 saturated heterocycles. The van der Waals surface area contributed by atoms with Gasteiger partial charge in [0.15, 0.2) is 0 Å². The first kappa shape index (κ1) is 16.6. The summed E-state index contributed by atoms with van der Waals surface area (Å²) in [6, 6.07) is 7.96. The maximum atomic E-state index is 12.1. The van der Waals surface area contributed by atoms with Gasteiger partial charge in [0.25, 0.3) is 0 Å².